The Kier molecular flexibility index (Phi) is 13.4. The van der Waals surface area contributed by atoms with Gasteiger partial charge in [0.05, 0.1) is 6.04 Å². The van der Waals surface area contributed by atoms with E-state index in [2.05, 4.69) is 41.5 Å². The number of hydrogen-bond acceptors (Lipinski definition) is 20. The van der Waals surface area contributed by atoms with Gasteiger partial charge in [-0.1, -0.05) is 10.3 Å². The molecule has 63 heavy (non-hydrogen) atoms. The summed E-state index contributed by atoms with van der Waals surface area (Å²) in [5.41, 5.74) is 12.1. The number of pyridine rings is 1. The van der Waals surface area contributed by atoms with E-state index in [9.17, 15) is 46.8 Å². The molecule has 6 heterocycles. The van der Waals surface area contributed by atoms with Gasteiger partial charge >= 0.3 is 11.9 Å². The smallest absolute Gasteiger partial charge is 0.352 e. The average molecular weight is 950 g/mol. The number of amides is 4. The number of aromatic nitrogens is 3. The van der Waals surface area contributed by atoms with Crippen molar-refractivity contribution in [3.8, 4) is 0 Å². The number of thiazole rings is 2. The summed E-state index contributed by atoms with van der Waals surface area (Å²) in [6.45, 7) is 4.04. The minimum Gasteiger partial charge on any atom is -0.731 e. The van der Waals surface area contributed by atoms with Gasteiger partial charge in [0.15, 0.2) is 50.4 Å². The Morgan fingerprint density at radius 1 is 1.00 bits per heavy atom. The zero-order chi connectivity index (χ0) is 46.1. The summed E-state index contributed by atoms with van der Waals surface area (Å²) in [7, 11) is -3.71. The van der Waals surface area contributed by atoms with E-state index in [4.69, 9.17) is 26.2 Å². The van der Waals surface area contributed by atoms with Gasteiger partial charge in [0.2, 0.25) is 5.60 Å². The van der Waals surface area contributed by atoms with Gasteiger partial charge in [-0.3, -0.25) is 24.1 Å². The van der Waals surface area contributed by atoms with Gasteiger partial charge in [-0.2, -0.15) is 4.57 Å². The Morgan fingerprint density at radius 2 is 1.60 bits per heavy atom. The zero-order valence-corrected chi connectivity index (χ0v) is 36.8. The van der Waals surface area contributed by atoms with Crippen molar-refractivity contribution in [3.63, 3.8) is 0 Å². The van der Waals surface area contributed by atoms with Gasteiger partial charge in [-0.15, -0.1) is 34.4 Å². The first-order chi connectivity index (χ1) is 29.6. The molecule has 336 valence electrons. The molecule has 0 unspecified atom stereocenters. The van der Waals surface area contributed by atoms with Crippen LogP contribution in [0.15, 0.2) is 50.7 Å². The molecular weight excluding hydrogens is 911 g/mol. The molecule has 2 saturated heterocycles. The van der Waals surface area contributed by atoms with Crippen LogP contribution in [0, 0.1) is 0 Å². The van der Waals surface area contributed by atoms with Crippen LogP contribution in [0.3, 0.4) is 0 Å². The van der Waals surface area contributed by atoms with Crippen LogP contribution in [0.1, 0.15) is 49.8 Å². The monoisotopic (exact) mass is 949 g/mol. The molecule has 3 aromatic rings. The lowest BCUT2D eigenvalue weighted by Crippen LogP contribution is -2.71. The maximum absolute atomic E-state index is 13.0. The van der Waals surface area contributed by atoms with Crippen molar-refractivity contribution in [2.24, 2.45) is 10.3 Å². The summed E-state index contributed by atoms with van der Waals surface area (Å²) in [6, 6.07) is 0.765. The number of aryl methyl sites for hydroxylation is 1. The lowest BCUT2D eigenvalue weighted by molar-refractivity contribution is -0.696. The fourth-order valence-corrected chi connectivity index (χ4v) is 10.1. The number of nitrogen functional groups attached to an aromatic ring is 2. The van der Waals surface area contributed by atoms with Gasteiger partial charge in [0.25, 0.3) is 23.6 Å². The minimum absolute atomic E-state index is 0.00888. The molecule has 4 aliphatic rings. The first-order valence-corrected chi connectivity index (χ1v) is 22.7. The molecule has 2 fully saturated rings. The first kappa shape index (κ1) is 46.3. The quantitative estimate of drug-likeness (QED) is 0.0362. The third-order valence-corrected chi connectivity index (χ3v) is 13.6. The molecule has 0 saturated carbocycles. The van der Waals surface area contributed by atoms with E-state index < -0.39 is 80.7 Å². The second-order valence-corrected chi connectivity index (χ2v) is 18.6. The van der Waals surface area contributed by atoms with Crippen LogP contribution in [0.5, 0.6) is 0 Å². The summed E-state index contributed by atoms with van der Waals surface area (Å²) in [5.74, 6) is -5.33. The van der Waals surface area contributed by atoms with Gasteiger partial charge in [-0.05, 0) is 39.7 Å². The van der Waals surface area contributed by atoms with Gasteiger partial charge in [0.1, 0.15) is 41.7 Å². The summed E-state index contributed by atoms with van der Waals surface area (Å²) in [6.07, 6.45) is 5.01. The van der Waals surface area contributed by atoms with Crippen LogP contribution >= 0.6 is 34.4 Å². The van der Waals surface area contributed by atoms with E-state index in [0.29, 0.717) is 17.9 Å². The Labute approximate surface area is 369 Å². The van der Waals surface area contributed by atoms with Crippen molar-refractivity contribution in [1.29, 1.82) is 0 Å². The Hall–Kier alpha value is -6.23. The number of nitrogens with zero attached hydrogens (tertiary/aromatic N) is 7. The van der Waals surface area contributed by atoms with E-state index >= 15 is 0 Å². The fraction of sp³-hybridized carbons (Fsp3) is 0.400. The topological polar surface area (TPSA) is 355 Å². The number of carboxylic acids is 2. The van der Waals surface area contributed by atoms with Gasteiger partial charge < -0.3 is 46.5 Å². The molecule has 24 nitrogen and oxygen atoms in total. The van der Waals surface area contributed by atoms with Crippen molar-refractivity contribution in [2.45, 2.75) is 75.7 Å². The largest absolute Gasteiger partial charge is 0.731 e. The average Bonchev–Trinajstić information content (AvgIpc) is 3.99. The number of aliphatic carboxylic acids is 2. The maximum Gasteiger partial charge on any atom is 0.352 e. The third kappa shape index (κ3) is 9.57. The molecule has 4 amide bonds. The van der Waals surface area contributed by atoms with Gasteiger partial charge in [-0.25, -0.2) is 32.3 Å². The van der Waals surface area contributed by atoms with Gasteiger partial charge in [0, 0.05) is 40.1 Å². The summed E-state index contributed by atoms with van der Waals surface area (Å²) in [5, 5.41) is 33.9. The molecule has 1 aliphatic carbocycles. The molecule has 3 aromatic heterocycles. The molecule has 0 bridgehead atoms. The number of nitrogens with two attached hydrogens (primary N) is 2. The number of nitrogens with one attached hydrogen (secondary N) is 2. The van der Waals surface area contributed by atoms with Crippen LogP contribution < -0.4 is 26.7 Å². The lowest BCUT2D eigenvalue weighted by atomic mass is 10.0. The third-order valence-electron chi connectivity index (χ3n) is 9.92. The van der Waals surface area contributed by atoms with Crippen molar-refractivity contribution in [2.75, 3.05) is 24.3 Å². The Morgan fingerprint density at radius 3 is 2.13 bits per heavy atom. The number of rotatable bonds is 14. The number of anilines is 2. The number of fused-ring (bicyclic) bond motifs is 2. The number of oxime groups is 2. The Balaban J connectivity index is 0.000000216. The predicted molar refractivity (Wildman–Crippen MR) is 222 cm³/mol. The highest BCUT2D eigenvalue weighted by Crippen LogP contribution is 2.40. The van der Waals surface area contributed by atoms with E-state index in [1.807, 2.05) is 12.3 Å². The molecule has 7 rings (SSSR count). The van der Waals surface area contributed by atoms with E-state index in [0.717, 1.165) is 41.9 Å². The molecule has 0 radical (unpaired) electrons. The van der Waals surface area contributed by atoms with E-state index in [1.54, 1.807) is 5.38 Å². The van der Waals surface area contributed by atoms with Crippen LogP contribution in [-0.4, -0.2) is 131 Å². The number of hydrogen-bond donors (Lipinski definition) is 6. The standard InChI is InChI=1S/C22H22N6O5S2.C13H17N5O8S2/c1-33-26-15(13-10-35-22(23)24-13)18(29)25-16-19(30)28-17(21(31)32)12(9-34-20(16)28)8-27-7-3-5-11-4-2-6-14(11)27;1-5-7(10(20)18(5)28(23,24)25)16-9(19)8(6-4-27-12(14)15-6)17-26-13(2,3)11(21)22/h3,5,7,10,16,20H,2,4,6,8-9H2,1H3,(H3-,23,24,25,29,31,32);4-5,7H,1-3H3,(H2,14,15)(H,16,19)(H,21,22)(H,23,24,25)/b26-15-;17-8-/t16-,20-;5-,7-/m10/s1. The number of thioether (sulfide) groups is 1. The van der Waals surface area contributed by atoms with Crippen molar-refractivity contribution in [3.05, 3.63) is 63.0 Å². The number of β-lactam (4-membered cyclic amide) rings is 2. The van der Waals surface area contributed by atoms with Crippen LogP contribution in [0.4, 0.5) is 10.3 Å². The molecule has 0 aromatic carbocycles. The lowest BCUT2D eigenvalue weighted by Gasteiger charge is -2.49. The molecular formula is C35H39N11O13S4. The van der Waals surface area contributed by atoms with E-state index in [-0.39, 0.29) is 37.4 Å². The molecule has 28 heteroatoms. The molecule has 4 atom stereocenters. The number of carbonyl (C=O) groups is 6. The second-order valence-electron chi connectivity index (χ2n) is 14.5. The predicted octanol–water partition coefficient (Wildman–Crippen LogP) is -1.22. The fourth-order valence-electron chi connectivity index (χ4n) is 6.78. The van der Waals surface area contributed by atoms with Crippen molar-refractivity contribution < 1.29 is 66.2 Å². The first-order valence-electron chi connectivity index (χ1n) is 18.5. The van der Waals surface area contributed by atoms with Crippen molar-refractivity contribution in [1.82, 2.24) is 29.8 Å². The van der Waals surface area contributed by atoms with Crippen molar-refractivity contribution >= 4 is 102 Å². The summed E-state index contributed by atoms with van der Waals surface area (Å²) in [4.78, 5) is 92.6. The summed E-state index contributed by atoms with van der Waals surface area (Å²) < 4.78 is 35.2. The number of carboxylic acid groups (broad SMARTS) is 2. The maximum atomic E-state index is 13.0. The van der Waals surface area contributed by atoms with Crippen LogP contribution in [-0.2, 0) is 68.1 Å². The summed E-state index contributed by atoms with van der Waals surface area (Å²) >= 11 is 3.54. The minimum atomic E-state index is -5.01. The Bertz CT molecular complexity index is 2590. The molecule has 8 N–H and O–H groups in total. The normalized spacial score (nSPS) is 21.0. The highest BCUT2D eigenvalue weighted by molar-refractivity contribution is 8.00. The van der Waals surface area contributed by atoms with Crippen LogP contribution in [0.2, 0.25) is 0 Å². The molecule has 3 aliphatic heterocycles. The molecule has 0 spiro atoms. The highest BCUT2D eigenvalue weighted by Gasteiger charge is 2.55. The van der Waals surface area contributed by atoms with E-state index in [1.165, 1.54) is 61.2 Å². The SMILES string of the molecule is CO/N=C(\C(=O)N[C@@H]1C(=O)N2C(C(=O)O)=C(C[n+]3cccc4c3CCC4)CS[C@H]12)c1csc(N)n1.C[C@H]1[C@H](NC(=O)/C(=N\OC(C)(C)C(=O)O)c2csc(N)n2)C(=O)N1S(=O)(=O)[O-]. The van der Waals surface area contributed by atoms with Crippen LogP contribution in [0.25, 0.3) is 0 Å². The zero-order valence-electron chi connectivity index (χ0n) is 33.5. The second kappa shape index (κ2) is 18.2. The number of carbonyl (C=O) groups excluding carboxylic acids is 4. The highest BCUT2D eigenvalue weighted by atomic mass is 32.2.